The van der Waals surface area contributed by atoms with Crippen molar-refractivity contribution in [1.82, 2.24) is 0 Å². The molecule has 2 aromatic rings. The molecule has 2 rings (SSSR count). The van der Waals surface area contributed by atoms with Gasteiger partial charge < -0.3 is 4.74 Å². The lowest BCUT2D eigenvalue weighted by molar-refractivity contribution is 0.0962. The number of para-hydroxylation sites is 1. The van der Waals surface area contributed by atoms with Crippen molar-refractivity contribution in [3.8, 4) is 5.75 Å². The maximum atomic E-state index is 11.9. The number of rotatable bonds is 5. The summed E-state index contributed by atoms with van der Waals surface area (Å²) in [5.41, 5.74) is 0.717. The Balaban J connectivity index is 1.84. The van der Waals surface area contributed by atoms with Crippen LogP contribution in [0.1, 0.15) is 16.8 Å². The van der Waals surface area contributed by atoms with Crippen molar-refractivity contribution in [2.45, 2.75) is 6.42 Å². The van der Waals surface area contributed by atoms with E-state index < -0.39 is 0 Å². The van der Waals surface area contributed by atoms with E-state index in [2.05, 4.69) is 15.9 Å². The van der Waals surface area contributed by atoms with Crippen LogP contribution in [0.5, 0.6) is 5.75 Å². The maximum absolute atomic E-state index is 11.9. The Labute approximate surface area is 115 Å². The Hall–Kier alpha value is -1.61. The highest BCUT2D eigenvalue weighted by molar-refractivity contribution is 9.10. The molecule has 3 heteroatoms. The van der Waals surface area contributed by atoms with Gasteiger partial charge in [0.05, 0.1) is 6.61 Å². The first-order chi connectivity index (χ1) is 8.75. The Morgan fingerprint density at radius 1 is 1.00 bits per heavy atom. The first-order valence-electron chi connectivity index (χ1n) is 5.72. The Morgan fingerprint density at radius 2 is 1.67 bits per heavy atom. The van der Waals surface area contributed by atoms with Gasteiger partial charge in [0.2, 0.25) is 0 Å². The number of carbonyl (C=O) groups is 1. The molecule has 0 aliphatic heterocycles. The molecule has 18 heavy (non-hydrogen) atoms. The van der Waals surface area contributed by atoms with Crippen LogP contribution in [0.3, 0.4) is 0 Å². The second-order valence-electron chi connectivity index (χ2n) is 3.84. The van der Waals surface area contributed by atoms with E-state index in [1.807, 2.05) is 54.6 Å². The third-order valence-electron chi connectivity index (χ3n) is 2.51. The van der Waals surface area contributed by atoms with Crippen molar-refractivity contribution in [3.63, 3.8) is 0 Å². The van der Waals surface area contributed by atoms with Gasteiger partial charge in [0.1, 0.15) is 5.75 Å². The van der Waals surface area contributed by atoms with E-state index in [1.165, 1.54) is 0 Å². The molecule has 0 atom stereocenters. The summed E-state index contributed by atoms with van der Waals surface area (Å²) < 4.78 is 6.46. The average Bonchev–Trinajstić information content (AvgIpc) is 2.40. The van der Waals surface area contributed by atoms with E-state index in [9.17, 15) is 4.79 Å². The minimum absolute atomic E-state index is 0.0958. The molecule has 2 nitrogen and oxygen atoms in total. The largest absolute Gasteiger partial charge is 0.493 e. The maximum Gasteiger partial charge on any atom is 0.166 e. The zero-order valence-corrected chi connectivity index (χ0v) is 11.4. The molecule has 0 amide bonds. The number of ketones is 1. The molecule has 0 fully saturated rings. The molecule has 92 valence electrons. The van der Waals surface area contributed by atoms with Crippen LogP contribution < -0.4 is 4.74 Å². The van der Waals surface area contributed by atoms with Crippen LogP contribution in [-0.2, 0) is 0 Å². The number of benzene rings is 2. The van der Waals surface area contributed by atoms with Gasteiger partial charge in [-0.1, -0.05) is 46.3 Å². The smallest absolute Gasteiger partial charge is 0.166 e. The van der Waals surface area contributed by atoms with Gasteiger partial charge in [-0.25, -0.2) is 0 Å². The Kier molecular flexibility index (Phi) is 4.53. The number of hydrogen-bond acceptors (Lipinski definition) is 2. The second kappa shape index (κ2) is 6.36. The van der Waals surface area contributed by atoms with Crippen LogP contribution in [0.25, 0.3) is 0 Å². The van der Waals surface area contributed by atoms with Crippen molar-refractivity contribution in [1.29, 1.82) is 0 Å². The van der Waals surface area contributed by atoms with Crippen molar-refractivity contribution in [2.75, 3.05) is 6.61 Å². The van der Waals surface area contributed by atoms with Crippen molar-refractivity contribution in [2.24, 2.45) is 0 Å². The fraction of sp³-hybridized carbons (Fsp3) is 0.133. The lowest BCUT2D eigenvalue weighted by Gasteiger charge is -2.05. The fourth-order valence-electron chi connectivity index (χ4n) is 1.56. The van der Waals surface area contributed by atoms with Crippen molar-refractivity contribution < 1.29 is 9.53 Å². The van der Waals surface area contributed by atoms with E-state index in [-0.39, 0.29) is 5.78 Å². The molecule has 0 aromatic heterocycles. The van der Waals surface area contributed by atoms with Gasteiger partial charge in [0.25, 0.3) is 0 Å². The third kappa shape index (κ3) is 3.70. The lowest BCUT2D eigenvalue weighted by atomic mass is 10.1. The van der Waals surface area contributed by atoms with E-state index in [0.29, 0.717) is 13.0 Å². The molecule has 0 spiro atoms. The highest BCUT2D eigenvalue weighted by Gasteiger charge is 2.05. The number of hydrogen-bond donors (Lipinski definition) is 0. The van der Waals surface area contributed by atoms with Crippen LogP contribution in [0.4, 0.5) is 0 Å². The predicted molar refractivity (Wildman–Crippen MR) is 75.0 cm³/mol. The summed E-state index contributed by atoms with van der Waals surface area (Å²) in [5.74, 6) is 0.888. The van der Waals surface area contributed by atoms with Crippen molar-refractivity contribution in [3.05, 3.63) is 64.6 Å². The molecule has 0 aliphatic carbocycles. The highest BCUT2D eigenvalue weighted by atomic mass is 79.9. The van der Waals surface area contributed by atoms with Gasteiger partial charge in [0, 0.05) is 16.5 Å². The average molecular weight is 305 g/mol. The van der Waals surface area contributed by atoms with Gasteiger partial charge in [0.15, 0.2) is 5.78 Å². The molecule has 0 N–H and O–H groups in total. The molecule has 0 radical (unpaired) electrons. The first kappa shape index (κ1) is 12.8. The number of Topliss-reactive ketones (excluding diaryl/α,β-unsaturated/α-hetero) is 1. The van der Waals surface area contributed by atoms with Crippen molar-refractivity contribution >= 4 is 21.7 Å². The molecule has 0 unspecified atom stereocenters. The monoisotopic (exact) mass is 304 g/mol. The van der Waals surface area contributed by atoms with Gasteiger partial charge >= 0.3 is 0 Å². The first-order valence-corrected chi connectivity index (χ1v) is 6.51. The summed E-state index contributed by atoms with van der Waals surface area (Å²) in [6, 6.07) is 16.9. The number of halogens is 1. The second-order valence-corrected chi connectivity index (χ2v) is 4.76. The minimum Gasteiger partial charge on any atom is -0.493 e. The fourth-order valence-corrected chi connectivity index (χ4v) is 1.82. The third-order valence-corrected chi connectivity index (χ3v) is 3.04. The Bertz CT molecular complexity index is 506. The summed E-state index contributed by atoms with van der Waals surface area (Å²) in [6.07, 6.45) is 0.385. The normalized spacial score (nSPS) is 10.1. The summed E-state index contributed by atoms with van der Waals surface area (Å²) >= 11 is 3.34. The molecule has 0 saturated carbocycles. The topological polar surface area (TPSA) is 26.3 Å². The summed E-state index contributed by atoms with van der Waals surface area (Å²) in [4.78, 5) is 11.9. The standard InChI is InChI=1S/C15H13BrO2/c16-13-8-6-12(7-9-13)15(17)10-11-18-14-4-2-1-3-5-14/h1-9H,10-11H2. The van der Waals surface area contributed by atoms with E-state index >= 15 is 0 Å². The quantitative estimate of drug-likeness (QED) is 0.777. The number of carbonyl (C=O) groups excluding carboxylic acids is 1. The van der Waals surface area contributed by atoms with E-state index in [0.717, 1.165) is 15.8 Å². The molecular weight excluding hydrogens is 292 g/mol. The van der Waals surface area contributed by atoms with Gasteiger partial charge in [-0.2, -0.15) is 0 Å². The van der Waals surface area contributed by atoms with Gasteiger partial charge in [-0.15, -0.1) is 0 Å². The highest BCUT2D eigenvalue weighted by Crippen LogP contribution is 2.13. The molecule has 0 saturated heterocycles. The summed E-state index contributed by atoms with van der Waals surface area (Å²) in [6.45, 7) is 0.402. The predicted octanol–water partition coefficient (Wildman–Crippen LogP) is 4.10. The van der Waals surface area contributed by atoms with Crippen LogP contribution in [0.2, 0.25) is 0 Å². The zero-order valence-electron chi connectivity index (χ0n) is 9.80. The molecule has 0 bridgehead atoms. The molecule has 0 heterocycles. The minimum atomic E-state index is 0.0958. The van der Waals surface area contributed by atoms with E-state index in [4.69, 9.17) is 4.74 Å². The summed E-state index contributed by atoms with van der Waals surface area (Å²) in [5, 5.41) is 0. The van der Waals surface area contributed by atoms with Gasteiger partial charge in [-0.3, -0.25) is 4.79 Å². The van der Waals surface area contributed by atoms with Gasteiger partial charge in [-0.05, 0) is 24.3 Å². The molecule has 2 aromatic carbocycles. The van der Waals surface area contributed by atoms with E-state index in [1.54, 1.807) is 0 Å². The SMILES string of the molecule is O=C(CCOc1ccccc1)c1ccc(Br)cc1. The molecule has 0 aliphatic rings. The van der Waals surface area contributed by atoms with Crippen LogP contribution in [-0.4, -0.2) is 12.4 Å². The van der Waals surface area contributed by atoms with Crippen LogP contribution >= 0.6 is 15.9 Å². The lowest BCUT2D eigenvalue weighted by Crippen LogP contribution is -2.06. The Morgan fingerprint density at radius 3 is 2.33 bits per heavy atom. The summed E-state index contributed by atoms with van der Waals surface area (Å²) in [7, 11) is 0. The van der Waals surface area contributed by atoms with Crippen LogP contribution in [0, 0.1) is 0 Å². The van der Waals surface area contributed by atoms with Crippen LogP contribution in [0.15, 0.2) is 59.1 Å². The molecular formula is C15H13BrO2. The number of ether oxygens (including phenoxy) is 1. The zero-order chi connectivity index (χ0) is 12.8.